The Hall–Kier alpha value is -4.71. The van der Waals surface area contributed by atoms with E-state index < -0.39 is 6.10 Å². The summed E-state index contributed by atoms with van der Waals surface area (Å²) < 4.78 is 16.9. The molecule has 6 nitrogen and oxygen atoms in total. The topological polar surface area (TPSA) is 78.9 Å². The Morgan fingerprint density at radius 2 is 0.506 bits per heavy atom. The molecule has 0 rings (SSSR count). The van der Waals surface area contributed by atoms with Crippen molar-refractivity contribution in [3.05, 3.63) is 146 Å². The van der Waals surface area contributed by atoms with Gasteiger partial charge in [-0.15, -0.1) is 0 Å². The van der Waals surface area contributed by atoms with E-state index in [1.807, 2.05) is 0 Å². The molecule has 0 aliphatic heterocycles. The lowest BCUT2D eigenvalue weighted by molar-refractivity contribution is -0.167. The van der Waals surface area contributed by atoms with Crippen molar-refractivity contribution in [2.45, 2.75) is 271 Å². The Bertz CT molecular complexity index is 1700. The second-order valence-corrected chi connectivity index (χ2v) is 20.2. The molecular weight excluding hydrogens is 949 g/mol. The van der Waals surface area contributed by atoms with Crippen molar-refractivity contribution in [3.8, 4) is 0 Å². The maximum Gasteiger partial charge on any atom is 0.306 e. The van der Waals surface area contributed by atoms with Crippen LogP contribution < -0.4 is 0 Å². The van der Waals surface area contributed by atoms with E-state index in [2.05, 4.69) is 167 Å². The van der Waals surface area contributed by atoms with Crippen LogP contribution in [-0.2, 0) is 28.6 Å². The SMILES string of the molecule is CC/C=C\C/C=C\C/C=C\C/C=C\C/C=C\C/C=C\C/C=C\CCCCCC(=O)OCC(COC(=O)CCCCCCC/C=C\C/C=C\C/C=C\CC)OC(=O)CCCCCCCCCCC/C=C\C/C=C\CCCCC. The fourth-order valence-corrected chi connectivity index (χ4v) is 8.17. The van der Waals surface area contributed by atoms with Gasteiger partial charge < -0.3 is 14.2 Å². The van der Waals surface area contributed by atoms with Gasteiger partial charge >= 0.3 is 17.9 Å². The molecule has 0 aromatic carbocycles. The third kappa shape index (κ3) is 62.0. The van der Waals surface area contributed by atoms with E-state index in [-0.39, 0.29) is 31.1 Å². The third-order valence-electron chi connectivity index (χ3n) is 12.8. The van der Waals surface area contributed by atoms with Crippen molar-refractivity contribution in [2.24, 2.45) is 0 Å². The molecule has 6 heteroatoms. The molecule has 77 heavy (non-hydrogen) atoms. The molecule has 434 valence electrons. The van der Waals surface area contributed by atoms with Crippen molar-refractivity contribution in [1.29, 1.82) is 0 Å². The van der Waals surface area contributed by atoms with Gasteiger partial charge in [-0.3, -0.25) is 14.4 Å². The van der Waals surface area contributed by atoms with Crippen molar-refractivity contribution >= 4 is 17.9 Å². The number of carbonyl (C=O) groups excluding carboxylic acids is 3. The van der Waals surface area contributed by atoms with Gasteiger partial charge in [-0.2, -0.15) is 0 Å². The molecule has 0 heterocycles. The molecule has 0 saturated carbocycles. The normalized spacial score (nSPS) is 13.1. The monoisotopic (exact) mass is 1060 g/mol. The van der Waals surface area contributed by atoms with Gasteiger partial charge in [0.1, 0.15) is 13.2 Å². The number of hydrogen-bond acceptors (Lipinski definition) is 6. The van der Waals surface area contributed by atoms with Crippen LogP contribution in [0.2, 0.25) is 0 Å². The molecule has 0 aromatic rings. The van der Waals surface area contributed by atoms with Crippen LogP contribution >= 0.6 is 0 Å². The Kier molecular flexibility index (Phi) is 59.9. The number of ether oxygens (including phenoxy) is 3. The number of unbranched alkanes of at least 4 members (excludes halogenated alkanes) is 20. The molecular formula is C71H114O6. The highest BCUT2D eigenvalue weighted by molar-refractivity contribution is 5.71. The molecule has 1 unspecified atom stereocenters. The zero-order chi connectivity index (χ0) is 55.7. The lowest BCUT2D eigenvalue weighted by Crippen LogP contribution is -2.30. The molecule has 0 spiro atoms. The largest absolute Gasteiger partial charge is 0.462 e. The molecule has 1 atom stereocenters. The smallest absolute Gasteiger partial charge is 0.306 e. The van der Waals surface area contributed by atoms with Crippen molar-refractivity contribution in [2.75, 3.05) is 13.2 Å². The van der Waals surface area contributed by atoms with E-state index in [1.165, 1.54) is 70.6 Å². The summed E-state index contributed by atoms with van der Waals surface area (Å²) in [5.41, 5.74) is 0. The molecule has 0 fully saturated rings. The van der Waals surface area contributed by atoms with Gasteiger partial charge in [0.05, 0.1) is 0 Å². The van der Waals surface area contributed by atoms with Crippen LogP contribution in [0.4, 0.5) is 0 Å². The summed E-state index contributed by atoms with van der Waals surface area (Å²) in [6, 6.07) is 0. The minimum absolute atomic E-state index is 0.105. The molecule has 0 bridgehead atoms. The molecule has 0 amide bonds. The quantitative estimate of drug-likeness (QED) is 0.0261. The Morgan fingerprint density at radius 1 is 0.273 bits per heavy atom. The van der Waals surface area contributed by atoms with E-state index in [0.717, 1.165) is 154 Å². The molecule has 0 aromatic heterocycles. The third-order valence-corrected chi connectivity index (χ3v) is 12.8. The molecule has 0 radical (unpaired) electrons. The Balaban J connectivity index is 4.48. The van der Waals surface area contributed by atoms with Crippen LogP contribution in [-0.4, -0.2) is 37.2 Å². The summed E-state index contributed by atoms with van der Waals surface area (Å²) in [6.45, 7) is 6.34. The Morgan fingerprint density at radius 3 is 0.805 bits per heavy atom. The molecule has 0 N–H and O–H groups in total. The lowest BCUT2D eigenvalue weighted by Gasteiger charge is -2.18. The predicted molar refractivity (Wildman–Crippen MR) is 334 cm³/mol. The number of carbonyl (C=O) groups is 3. The molecule has 0 saturated heterocycles. The van der Waals surface area contributed by atoms with Gasteiger partial charge in [-0.05, 0) is 141 Å². The van der Waals surface area contributed by atoms with Gasteiger partial charge in [0.15, 0.2) is 6.10 Å². The second-order valence-electron chi connectivity index (χ2n) is 20.2. The fourth-order valence-electron chi connectivity index (χ4n) is 8.17. The average molecular weight is 1060 g/mol. The minimum atomic E-state index is -0.809. The van der Waals surface area contributed by atoms with Gasteiger partial charge in [-0.25, -0.2) is 0 Å². The van der Waals surface area contributed by atoms with E-state index >= 15 is 0 Å². The van der Waals surface area contributed by atoms with E-state index in [9.17, 15) is 14.4 Å². The second kappa shape index (κ2) is 63.8. The van der Waals surface area contributed by atoms with Crippen molar-refractivity contribution in [1.82, 2.24) is 0 Å². The highest BCUT2D eigenvalue weighted by Gasteiger charge is 2.19. The summed E-state index contributed by atoms with van der Waals surface area (Å²) in [5, 5.41) is 0. The summed E-state index contributed by atoms with van der Waals surface area (Å²) in [4.78, 5) is 38.3. The van der Waals surface area contributed by atoms with E-state index in [0.29, 0.717) is 19.3 Å². The van der Waals surface area contributed by atoms with Gasteiger partial charge in [0, 0.05) is 19.3 Å². The Labute approximate surface area is 474 Å². The first-order valence-corrected chi connectivity index (χ1v) is 31.3. The standard InChI is InChI=1S/C71H114O6/c1-4-7-10-13-16-19-22-25-28-30-32-33-34-35-36-37-39-40-43-46-49-52-55-58-61-64-70(73)76-67-68(66-75-69(72)63-60-57-54-51-48-45-42-27-24-21-18-15-12-9-6-3)77-71(74)65-62-59-56-53-50-47-44-41-38-31-29-26-23-20-17-14-11-8-5-2/h7,9-10,12,16-21,25-29,32-33,35-36,39-40,42,46,49,68H,4-6,8,11,13-15,22-24,30-31,34,37-38,41,43-45,47-48,50-67H2,1-3H3/b10-7-,12-9-,19-16-,20-17-,21-18-,28-25-,29-26-,33-32-,36-35-,40-39-,42-27-,49-46-. The van der Waals surface area contributed by atoms with Crippen LogP contribution in [0.25, 0.3) is 0 Å². The zero-order valence-electron chi connectivity index (χ0n) is 49.7. The first-order chi connectivity index (χ1) is 38.0. The lowest BCUT2D eigenvalue weighted by atomic mass is 10.1. The molecule has 0 aliphatic rings. The van der Waals surface area contributed by atoms with Crippen LogP contribution in [0.3, 0.4) is 0 Å². The maximum atomic E-state index is 12.9. The van der Waals surface area contributed by atoms with Crippen LogP contribution in [0.15, 0.2) is 146 Å². The highest BCUT2D eigenvalue weighted by atomic mass is 16.6. The summed E-state index contributed by atoms with van der Waals surface area (Å²) in [5.74, 6) is -0.959. The molecule has 0 aliphatic carbocycles. The van der Waals surface area contributed by atoms with Crippen LogP contribution in [0.5, 0.6) is 0 Å². The average Bonchev–Trinajstić information content (AvgIpc) is 3.43. The zero-order valence-corrected chi connectivity index (χ0v) is 49.7. The van der Waals surface area contributed by atoms with E-state index in [1.54, 1.807) is 0 Å². The first kappa shape index (κ1) is 72.3. The van der Waals surface area contributed by atoms with Gasteiger partial charge in [0.25, 0.3) is 0 Å². The fraction of sp³-hybridized carbons (Fsp3) is 0.620. The summed E-state index contributed by atoms with van der Waals surface area (Å²) in [6.07, 6.45) is 91.3. The van der Waals surface area contributed by atoms with E-state index in [4.69, 9.17) is 14.2 Å². The number of rotatable bonds is 55. The van der Waals surface area contributed by atoms with Crippen molar-refractivity contribution in [3.63, 3.8) is 0 Å². The van der Waals surface area contributed by atoms with Crippen LogP contribution in [0.1, 0.15) is 265 Å². The van der Waals surface area contributed by atoms with Gasteiger partial charge in [0.2, 0.25) is 0 Å². The highest BCUT2D eigenvalue weighted by Crippen LogP contribution is 2.14. The number of esters is 3. The van der Waals surface area contributed by atoms with Gasteiger partial charge in [-0.1, -0.05) is 250 Å². The number of hydrogen-bond donors (Lipinski definition) is 0. The summed E-state index contributed by atoms with van der Waals surface area (Å²) in [7, 11) is 0. The number of allylic oxidation sites excluding steroid dienone is 24. The van der Waals surface area contributed by atoms with Crippen molar-refractivity contribution < 1.29 is 28.6 Å². The maximum absolute atomic E-state index is 12.9. The minimum Gasteiger partial charge on any atom is -0.462 e. The summed E-state index contributed by atoms with van der Waals surface area (Å²) >= 11 is 0. The predicted octanol–water partition coefficient (Wildman–Crippen LogP) is 21.5. The first-order valence-electron chi connectivity index (χ1n) is 31.3. The van der Waals surface area contributed by atoms with Crippen LogP contribution in [0, 0.1) is 0 Å².